The van der Waals surface area contributed by atoms with Crippen molar-refractivity contribution in [2.45, 2.75) is 33.2 Å². The Kier molecular flexibility index (Phi) is 7.23. The molecule has 2 heterocycles. The first-order valence-electron chi connectivity index (χ1n) is 9.87. The predicted octanol–water partition coefficient (Wildman–Crippen LogP) is 4.19. The lowest BCUT2D eigenvalue weighted by Crippen LogP contribution is -2.40. The topological polar surface area (TPSA) is 71.5 Å². The van der Waals surface area contributed by atoms with Gasteiger partial charge in [0.15, 0.2) is 5.78 Å². The summed E-state index contributed by atoms with van der Waals surface area (Å²) in [6.45, 7) is 6.25. The summed E-state index contributed by atoms with van der Waals surface area (Å²) >= 11 is 5.85. The van der Waals surface area contributed by atoms with Gasteiger partial charge in [0.1, 0.15) is 11.6 Å². The number of halogens is 1. The van der Waals surface area contributed by atoms with Gasteiger partial charge in [-0.15, -0.1) is 0 Å². The van der Waals surface area contributed by atoms with Gasteiger partial charge in [0, 0.05) is 30.4 Å². The lowest BCUT2D eigenvalue weighted by Gasteiger charge is -2.32. The quantitative estimate of drug-likeness (QED) is 0.686. The molecule has 2 aromatic rings. The maximum absolute atomic E-state index is 12.7. The molecular weight excluding hydrogens is 390 g/mol. The third kappa shape index (κ3) is 5.78. The summed E-state index contributed by atoms with van der Waals surface area (Å²) in [4.78, 5) is 30.8. The maximum atomic E-state index is 12.7. The summed E-state index contributed by atoms with van der Waals surface area (Å²) in [7, 11) is 0. The monoisotopic (exact) mass is 415 g/mol. The molecule has 1 aromatic heterocycles. The third-order valence-corrected chi connectivity index (χ3v) is 5.24. The highest BCUT2D eigenvalue weighted by molar-refractivity contribution is 6.30. The largest absolute Gasteiger partial charge is 0.494 e. The predicted molar refractivity (Wildman–Crippen MR) is 113 cm³/mol. The highest BCUT2D eigenvalue weighted by atomic mass is 35.5. The van der Waals surface area contributed by atoms with Crippen molar-refractivity contribution >= 4 is 29.1 Å². The lowest BCUT2D eigenvalue weighted by molar-refractivity contribution is -0.121. The maximum Gasteiger partial charge on any atom is 0.229 e. The van der Waals surface area contributed by atoms with E-state index in [9.17, 15) is 9.59 Å². The van der Waals surface area contributed by atoms with Crippen LogP contribution in [0.15, 0.2) is 36.5 Å². The first kappa shape index (κ1) is 21.3. The van der Waals surface area contributed by atoms with Crippen LogP contribution in [0.2, 0.25) is 5.02 Å². The van der Waals surface area contributed by atoms with Crippen LogP contribution in [0.25, 0.3) is 0 Å². The molecule has 154 valence electrons. The summed E-state index contributed by atoms with van der Waals surface area (Å²) < 4.78 is 5.74. The van der Waals surface area contributed by atoms with E-state index in [1.54, 1.807) is 25.1 Å². The number of carbonyl (C=O) groups is 2. The van der Waals surface area contributed by atoms with Gasteiger partial charge in [-0.2, -0.15) is 0 Å². The van der Waals surface area contributed by atoms with Crippen LogP contribution in [0.5, 0.6) is 5.75 Å². The Morgan fingerprint density at radius 3 is 2.83 bits per heavy atom. The van der Waals surface area contributed by atoms with E-state index in [0.29, 0.717) is 36.1 Å². The van der Waals surface area contributed by atoms with Gasteiger partial charge in [-0.1, -0.05) is 11.6 Å². The molecule has 7 heteroatoms. The molecule has 1 aliphatic rings. The van der Waals surface area contributed by atoms with Gasteiger partial charge >= 0.3 is 0 Å². The molecule has 1 saturated heterocycles. The van der Waals surface area contributed by atoms with Gasteiger partial charge < -0.3 is 10.1 Å². The van der Waals surface area contributed by atoms with Gasteiger partial charge in [0.05, 0.1) is 17.5 Å². The first-order chi connectivity index (χ1) is 14.0. The van der Waals surface area contributed by atoms with Gasteiger partial charge in [-0.25, -0.2) is 4.98 Å². The molecule has 6 nitrogen and oxygen atoms in total. The highest BCUT2D eigenvalue weighted by Gasteiger charge is 2.26. The molecule has 0 radical (unpaired) electrons. The van der Waals surface area contributed by atoms with Crippen LogP contribution in [0.3, 0.4) is 0 Å². The van der Waals surface area contributed by atoms with Gasteiger partial charge in [-0.3, -0.25) is 14.5 Å². The van der Waals surface area contributed by atoms with Crippen molar-refractivity contribution < 1.29 is 14.3 Å². The van der Waals surface area contributed by atoms with Gasteiger partial charge in [0.2, 0.25) is 5.91 Å². The Labute approximate surface area is 176 Å². The molecule has 1 unspecified atom stereocenters. The molecule has 3 rings (SSSR count). The van der Waals surface area contributed by atoms with E-state index in [0.717, 1.165) is 30.7 Å². The molecule has 0 bridgehead atoms. The van der Waals surface area contributed by atoms with Crippen molar-refractivity contribution in [1.29, 1.82) is 0 Å². The van der Waals surface area contributed by atoms with Crippen molar-refractivity contribution in [1.82, 2.24) is 9.88 Å². The smallest absolute Gasteiger partial charge is 0.229 e. The average Bonchev–Trinajstić information content (AvgIpc) is 2.71. The zero-order valence-corrected chi connectivity index (χ0v) is 17.5. The number of hydrogen-bond donors (Lipinski definition) is 1. The number of likely N-dealkylation sites (tertiary alicyclic amines) is 1. The van der Waals surface area contributed by atoms with Crippen molar-refractivity contribution in [2.24, 2.45) is 5.92 Å². The van der Waals surface area contributed by atoms with E-state index in [2.05, 4.69) is 15.2 Å². The van der Waals surface area contributed by atoms with E-state index < -0.39 is 0 Å². The normalized spacial score (nSPS) is 17.0. The molecule has 1 atom stereocenters. The number of nitrogens with zero attached hydrogens (tertiary/aromatic N) is 2. The fourth-order valence-electron chi connectivity index (χ4n) is 3.55. The second-order valence-corrected chi connectivity index (χ2v) is 7.67. The number of nitrogens with one attached hydrogen (secondary N) is 1. The summed E-state index contributed by atoms with van der Waals surface area (Å²) in [6.07, 6.45) is 3.28. The molecule has 1 aliphatic heterocycles. The van der Waals surface area contributed by atoms with Gasteiger partial charge in [-0.05, 0) is 63.6 Å². The third-order valence-electron chi connectivity index (χ3n) is 5.02. The van der Waals surface area contributed by atoms with Crippen molar-refractivity contribution in [3.05, 3.63) is 52.7 Å². The summed E-state index contributed by atoms with van der Waals surface area (Å²) in [5, 5.41) is 3.41. The molecule has 0 spiro atoms. The average molecular weight is 416 g/mol. The number of piperidine rings is 1. The van der Waals surface area contributed by atoms with Crippen molar-refractivity contribution in [3.8, 4) is 5.75 Å². The number of carbonyl (C=O) groups excluding carboxylic acids is 2. The number of amides is 1. The number of pyridine rings is 1. The van der Waals surface area contributed by atoms with E-state index in [4.69, 9.17) is 16.3 Å². The van der Waals surface area contributed by atoms with Crippen molar-refractivity contribution in [3.63, 3.8) is 0 Å². The molecule has 1 amide bonds. The van der Waals surface area contributed by atoms with E-state index >= 15 is 0 Å². The fourth-order valence-corrected chi connectivity index (χ4v) is 3.66. The molecule has 1 aromatic carbocycles. The minimum atomic E-state index is -0.118. The van der Waals surface area contributed by atoms with Crippen LogP contribution < -0.4 is 10.1 Å². The SMILES string of the molecule is CCOc1ccc(C(C)=O)cc1CN1CCCC(C(=O)Nc2ccc(Cl)cn2)C1. The van der Waals surface area contributed by atoms with Crippen LogP contribution in [-0.4, -0.2) is 41.3 Å². The minimum absolute atomic E-state index is 0.0284. The molecular formula is C22H26ClN3O3. The number of benzene rings is 1. The minimum Gasteiger partial charge on any atom is -0.494 e. The molecule has 0 aliphatic carbocycles. The molecule has 29 heavy (non-hydrogen) atoms. The summed E-state index contributed by atoms with van der Waals surface area (Å²) in [5.74, 6) is 1.17. The lowest BCUT2D eigenvalue weighted by atomic mass is 9.96. The zero-order valence-electron chi connectivity index (χ0n) is 16.8. The second kappa shape index (κ2) is 9.85. The van der Waals surface area contributed by atoms with Crippen LogP contribution in [0, 0.1) is 5.92 Å². The Balaban J connectivity index is 1.67. The number of aromatic nitrogens is 1. The summed E-state index contributed by atoms with van der Waals surface area (Å²) in [6, 6.07) is 8.95. The number of hydrogen-bond acceptors (Lipinski definition) is 5. The molecule has 1 fully saturated rings. The molecule has 1 N–H and O–H groups in total. The van der Waals surface area contributed by atoms with Crippen LogP contribution in [-0.2, 0) is 11.3 Å². The van der Waals surface area contributed by atoms with E-state index in [1.165, 1.54) is 6.20 Å². The van der Waals surface area contributed by atoms with Gasteiger partial charge in [0.25, 0.3) is 0 Å². The number of ketones is 1. The summed E-state index contributed by atoms with van der Waals surface area (Å²) in [5.41, 5.74) is 1.64. The fraction of sp³-hybridized carbons (Fsp3) is 0.409. The highest BCUT2D eigenvalue weighted by Crippen LogP contribution is 2.26. The number of rotatable bonds is 7. The second-order valence-electron chi connectivity index (χ2n) is 7.24. The standard InChI is InChI=1S/C22H26ClN3O3/c1-3-29-20-8-6-16(15(2)27)11-18(20)14-26-10-4-5-17(13-26)22(28)25-21-9-7-19(23)12-24-21/h6-9,11-12,17H,3-5,10,13-14H2,1-2H3,(H,24,25,28). The Bertz CT molecular complexity index is 870. The molecule has 0 saturated carbocycles. The first-order valence-corrected chi connectivity index (χ1v) is 10.3. The Morgan fingerprint density at radius 2 is 2.14 bits per heavy atom. The van der Waals surface area contributed by atoms with Crippen molar-refractivity contribution in [2.75, 3.05) is 25.0 Å². The number of Topliss-reactive ketones (excluding diaryl/α,β-unsaturated/α-hetero) is 1. The zero-order chi connectivity index (χ0) is 20.8. The van der Waals surface area contributed by atoms with Crippen LogP contribution >= 0.6 is 11.6 Å². The van der Waals surface area contributed by atoms with Crippen LogP contribution in [0.4, 0.5) is 5.82 Å². The van der Waals surface area contributed by atoms with E-state index in [1.807, 2.05) is 19.1 Å². The Hall–Kier alpha value is -2.44. The van der Waals surface area contributed by atoms with E-state index in [-0.39, 0.29) is 17.6 Å². The number of ether oxygens (including phenoxy) is 1. The number of anilines is 1. The Morgan fingerprint density at radius 1 is 1.31 bits per heavy atom. The van der Waals surface area contributed by atoms with Crippen LogP contribution in [0.1, 0.15) is 42.6 Å².